The van der Waals surface area contributed by atoms with E-state index >= 15 is 0 Å². The molecule has 0 saturated heterocycles. The number of aryl methyl sites for hydroxylation is 1. The Balaban J connectivity index is 1.47. The molecule has 0 fully saturated rings. The van der Waals surface area contributed by atoms with Crippen LogP contribution in [0.1, 0.15) is 49.6 Å². The number of hydrogen-bond donors (Lipinski definition) is 1. The first-order valence-corrected chi connectivity index (χ1v) is 13.0. The van der Waals surface area contributed by atoms with E-state index in [1.54, 1.807) is 0 Å². The normalized spacial score (nSPS) is 15.6. The van der Waals surface area contributed by atoms with Gasteiger partial charge in [-0.3, -0.25) is 4.79 Å². The number of thiophene rings is 1. The molecule has 1 aliphatic rings. The van der Waals surface area contributed by atoms with Crippen LogP contribution in [0.25, 0.3) is 11.4 Å². The summed E-state index contributed by atoms with van der Waals surface area (Å²) >= 11 is 3.32. The molecule has 2 aromatic heterocycles. The topological polar surface area (TPSA) is 59.8 Å². The average molecular weight is 455 g/mol. The number of benzene rings is 1. The molecular formula is C24H30N4OS2. The van der Waals surface area contributed by atoms with Crippen molar-refractivity contribution in [2.45, 2.75) is 64.6 Å². The van der Waals surface area contributed by atoms with E-state index in [2.05, 4.69) is 58.4 Å². The first-order valence-electron chi connectivity index (χ1n) is 11.1. The lowest BCUT2D eigenvalue weighted by Crippen LogP contribution is -2.14. The SMILES string of the molecule is CCCn1c(SCC(=O)Nc2ccc(CC)cc2)nnc1-c1csc2c1CCC(C)C2. The summed E-state index contributed by atoms with van der Waals surface area (Å²) in [4.78, 5) is 14.0. The van der Waals surface area contributed by atoms with Gasteiger partial charge in [0, 0.05) is 28.1 Å². The summed E-state index contributed by atoms with van der Waals surface area (Å²) in [5.74, 6) is 2.00. The van der Waals surface area contributed by atoms with Crippen molar-refractivity contribution >= 4 is 34.7 Å². The van der Waals surface area contributed by atoms with E-state index in [4.69, 9.17) is 0 Å². The number of fused-ring (bicyclic) bond motifs is 1. The van der Waals surface area contributed by atoms with Crippen molar-refractivity contribution in [3.8, 4) is 11.4 Å². The van der Waals surface area contributed by atoms with Crippen molar-refractivity contribution < 1.29 is 4.79 Å². The number of amides is 1. The minimum Gasteiger partial charge on any atom is -0.325 e. The molecule has 3 aromatic rings. The Bertz CT molecular complexity index is 1040. The minimum atomic E-state index is -0.0243. The quantitative estimate of drug-likeness (QED) is 0.435. The molecule has 0 bridgehead atoms. The van der Waals surface area contributed by atoms with Crippen LogP contribution in [-0.2, 0) is 30.6 Å². The van der Waals surface area contributed by atoms with Crippen molar-refractivity contribution in [1.82, 2.24) is 14.8 Å². The van der Waals surface area contributed by atoms with Gasteiger partial charge in [-0.15, -0.1) is 21.5 Å². The summed E-state index contributed by atoms with van der Waals surface area (Å²) in [6, 6.07) is 8.02. The monoisotopic (exact) mass is 454 g/mol. The molecule has 7 heteroatoms. The molecule has 1 aromatic carbocycles. The van der Waals surface area contributed by atoms with Gasteiger partial charge in [0.2, 0.25) is 5.91 Å². The zero-order valence-electron chi connectivity index (χ0n) is 18.5. The average Bonchev–Trinajstić information content (AvgIpc) is 3.36. The number of carbonyl (C=O) groups is 1. The fourth-order valence-electron chi connectivity index (χ4n) is 4.04. The Labute approximate surface area is 192 Å². The molecule has 1 atom stereocenters. The van der Waals surface area contributed by atoms with E-state index in [0.29, 0.717) is 5.75 Å². The highest BCUT2D eigenvalue weighted by Gasteiger charge is 2.24. The molecule has 5 nitrogen and oxygen atoms in total. The van der Waals surface area contributed by atoms with Gasteiger partial charge in [0.15, 0.2) is 11.0 Å². The second kappa shape index (κ2) is 10.0. The Morgan fingerprint density at radius 3 is 2.81 bits per heavy atom. The molecule has 2 heterocycles. The van der Waals surface area contributed by atoms with Crippen LogP contribution in [0.4, 0.5) is 5.69 Å². The number of carbonyl (C=O) groups excluding carboxylic acids is 1. The maximum absolute atomic E-state index is 12.5. The zero-order valence-corrected chi connectivity index (χ0v) is 20.1. The highest BCUT2D eigenvalue weighted by atomic mass is 32.2. The van der Waals surface area contributed by atoms with Gasteiger partial charge in [0.25, 0.3) is 0 Å². The maximum atomic E-state index is 12.5. The summed E-state index contributed by atoms with van der Waals surface area (Å²) < 4.78 is 2.19. The van der Waals surface area contributed by atoms with Gasteiger partial charge in [-0.05, 0) is 61.3 Å². The molecule has 1 unspecified atom stereocenters. The van der Waals surface area contributed by atoms with Gasteiger partial charge >= 0.3 is 0 Å². The van der Waals surface area contributed by atoms with Gasteiger partial charge in [0.1, 0.15) is 0 Å². The Kier molecular flexibility index (Phi) is 7.13. The van der Waals surface area contributed by atoms with Crippen molar-refractivity contribution in [2.24, 2.45) is 5.92 Å². The second-order valence-electron chi connectivity index (χ2n) is 8.24. The third-order valence-electron chi connectivity index (χ3n) is 5.78. The number of rotatable bonds is 8. The lowest BCUT2D eigenvalue weighted by molar-refractivity contribution is -0.113. The molecule has 1 aliphatic carbocycles. The highest BCUT2D eigenvalue weighted by molar-refractivity contribution is 7.99. The predicted molar refractivity (Wildman–Crippen MR) is 130 cm³/mol. The van der Waals surface area contributed by atoms with Crippen LogP contribution in [-0.4, -0.2) is 26.4 Å². The fourth-order valence-corrected chi connectivity index (χ4v) is 6.04. The number of thioether (sulfide) groups is 1. The Morgan fingerprint density at radius 1 is 1.26 bits per heavy atom. The van der Waals surface area contributed by atoms with Crippen molar-refractivity contribution in [3.63, 3.8) is 0 Å². The number of hydrogen-bond acceptors (Lipinski definition) is 5. The van der Waals surface area contributed by atoms with Crippen LogP contribution in [0.5, 0.6) is 0 Å². The van der Waals surface area contributed by atoms with Gasteiger partial charge < -0.3 is 9.88 Å². The summed E-state index contributed by atoms with van der Waals surface area (Å²) in [7, 11) is 0. The standard InChI is InChI=1S/C24H30N4OS2/c1-4-12-28-23(20-14-30-21-13-16(3)6-11-19(20)21)26-27-24(28)31-15-22(29)25-18-9-7-17(5-2)8-10-18/h7-10,14,16H,4-6,11-13,15H2,1-3H3,(H,25,29). The fraction of sp³-hybridized carbons (Fsp3) is 0.458. The molecule has 0 saturated carbocycles. The first-order chi connectivity index (χ1) is 15.1. The van der Waals surface area contributed by atoms with Gasteiger partial charge in [-0.2, -0.15) is 0 Å². The molecule has 1 amide bonds. The molecular weight excluding hydrogens is 424 g/mol. The van der Waals surface area contributed by atoms with E-state index in [0.717, 1.165) is 48.4 Å². The van der Waals surface area contributed by atoms with E-state index in [1.807, 2.05) is 23.5 Å². The second-order valence-corrected chi connectivity index (χ2v) is 10.2. The van der Waals surface area contributed by atoms with Crippen molar-refractivity contribution in [1.29, 1.82) is 0 Å². The predicted octanol–water partition coefficient (Wildman–Crippen LogP) is 5.83. The lowest BCUT2D eigenvalue weighted by atomic mass is 9.88. The lowest BCUT2D eigenvalue weighted by Gasteiger charge is -2.19. The maximum Gasteiger partial charge on any atom is 0.234 e. The van der Waals surface area contributed by atoms with Gasteiger partial charge in [0.05, 0.1) is 5.75 Å². The molecule has 4 rings (SSSR count). The third-order valence-corrected chi connectivity index (χ3v) is 7.80. The largest absolute Gasteiger partial charge is 0.325 e. The van der Waals surface area contributed by atoms with E-state index in [9.17, 15) is 4.79 Å². The van der Waals surface area contributed by atoms with Crippen LogP contribution < -0.4 is 5.32 Å². The molecule has 31 heavy (non-hydrogen) atoms. The summed E-state index contributed by atoms with van der Waals surface area (Å²) in [5, 5.41) is 15.1. The smallest absolute Gasteiger partial charge is 0.234 e. The molecule has 164 valence electrons. The van der Waals surface area contributed by atoms with E-state index in [-0.39, 0.29) is 5.91 Å². The summed E-state index contributed by atoms with van der Waals surface area (Å²) in [6.07, 6.45) is 5.52. The first kappa shape index (κ1) is 22.1. The molecule has 0 radical (unpaired) electrons. The van der Waals surface area contributed by atoms with Crippen LogP contribution in [0.15, 0.2) is 34.8 Å². The third kappa shape index (κ3) is 5.04. The van der Waals surface area contributed by atoms with Gasteiger partial charge in [-0.1, -0.05) is 44.7 Å². The Morgan fingerprint density at radius 2 is 2.06 bits per heavy atom. The van der Waals surface area contributed by atoms with E-state index < -0.39 is 0 Å². The van der Waals surface area contributed by atoms with E-state index in [1.165, 1.54) is 46.2 Å². The van der Waals surface area contributed by atoms with Crippen molar-refractivity contribution in [2.75, 3.05) is 11.1 Å². The minimum absolute atomic E-state index is 0.0243. The molecule has 1 N–H and O–H groups in total. The highest BCUT2D eigenvalue weighted by Crippen LogP contribution is 2.38. The van der Waals surface area contributed by atoms with Crippen LogP contribution >= 0.6 is 23.1 Å². The number of aromatic nitrogens is 3. The van der Waals surface area contributed by atoms with Crippen LogP contribution in [0.2, 0.25) is 0 Å². The number of nitrogens with one attached hydrogen (secondary N) is 1. The zero-order chi connectivity index (χ0) is 21.8. The van der Waals surface area contributed by atoms with Crippen LogP contribution in [0, 0.1) is 5.92 Å². The Hall–Kier alpha value is -2.12. The number of anilines is 1. The summed E-state index contributed by atoms with van der Waals surface area (Å²) in [6.45, 7) is 7.47. The molecule has 0 aliphatic heterocycles. The van der Waals surface area contributed by atoms with Crippen molar-refractivity contribution in [3.05, 3.63) is 45.6 Å². The molecule has 0 spiro atoms. The number of nitrogens with zero attached hydrogens (tertiary/aromatic N) is 3. The summed E-state index contributed by atoms with van der Waals surface area (Å²) in [5.41, 5.74) is 4.79. The van der Waals surface area contributed by atoms with Gasteiger partial charge in [-0.25, -0.2) is 0 Å². The van der Waals surface area contributed by atoms with Crippen LogP contribution in [0.3, 0.4) is 0 Å².